The summed E-state index contributed by atoms with van der Waals surface area (Å²) in [6.45, 7) is 8.05. The average molecular weight is 302 g/mol. The van der Waals surface area contributed by atoms with Crippen LogP contribution < -0.4 is 5.32 Å². The van der Waals surface area contributed by atoms with Crippen molar-refractivity contribution in [3.8, 4) is 0 Å². The lowest BCUT2D eigenvalue weighted by Crippen LogP contribution is -2.43. The predicted molar refractivity (Wildman–Crippen MR) is 81.2 cm³/mol. The van der Waals surface area contributed by atoms with Gasteiger partial charge in [-0.1, -0.05) is 0 Å². The lowest BCUT2D eigenvalue weighted by atomic mass is 10.1. The molecule has 0 radical (unpaired) electrons. The molecule has 0 aromatic carbocycles. The number of amides is 1. The van der Waals surface area contributed by atoms with Gasteiger partial charge in [-0.2, -0.15) is 0 Å². The van der Waals surface area contributed by atoms with Crippen molar-refractivity contribution in [2.24, 2.45) is 0 Å². The largest absolute Gasteiger partial charge is 0.394 e. The van der Waals surface area contributed by atoms with Gasteiger partial charge in [-0.3, -0.25) is 9.69 Å². The first kappa shape index (κ1) is 18.4. The molecule has 1 heterocycles. The quantitative estimate of drug-likeness (QED) is 0.571. The zero-order valence-electron chi connectivity index (χ0n) is 13.3. The summed E-state index contributed by atoms with van der Waals surface area (Å²) in [6.07, 6.45) is 3.17. The Balaban J connectivity index is 2.02. The fourth-order valence-electron chi connectivity index (χ4n) is 2.33. The molecule has 1 fully saturated rings. The van der Waals surface area contributed by atoms with Crippen molar-refractivity contribution >= 4 is 5.91 Å². The van der Waals surface area contributed by atoms with Crippen molar-refractivity contribution in [3.63, 3.8) is 0 Å². The standard InChI is InChI=1S/C15H30N2O4/c1-13(2)20-10-3-6-16-15(19)12-17-7-4-14(5-8-17)21-11-9-18/h13-14,18H,3-12H2,1-2H3,(H,16,19). The fraction of sp³-hybridized carbons (Fsp3) is 0.933. The number of ether oxygens (including phenoxy) is 2. The molecule has 0 saturated carbocycles. The molecule has 0 aromatic rings. The van der Waals surface area contributed by atoms with Gasteiger partial charge in [-0.25, -0.2) is 0 Å². The smallest absolute Gasteiger partial charge is 0.234 e. The van der Waals surface area contributed by atoms with Gasteiger partial charge in [0.25, 0.3) is 0 Å². The van der Waals surface area contributed by atoms with Crippen LogP contribution in [-0.4, -0.2) is 74.1 Å². The number of likely N-dealkylation sites (tertiary alicyclic amines) is 1. The maximum Gasteiger partial charge on any atom is 0.234 e. The number of aliphatic hydroxyl groups excluding tert-OH is 1. The number of nitrogens with zero attached hydrogens (tertiary/aromatic N) is 1. The van der Waals surface area contributed by atoms with E-state index in [0.717, 1.165) is 32.4 Å². The Morgan fingerprint density at radius 2 is 2.05 bits per heavy atom. The summed E-state index contributed by atoms with van der Waals surface area (Å²) < 4.78 is 10.9. The molecule has 0 aliphatic carbocycles. The van der Waals surface area contributed by atoms with E-state index in [1.54, 1.807) is 0 Å². The van der Waals surface area contributed by atoms with Crippen LogP contribution >= 0.6 is 0 Å². The Morgan fingerprint density at radius 1 is 1.33 bits per heavy atom. The van der Waals surface area contributed by atoms with Gasteiger partial charge in [0.15, 0.2) is 0 Å². The molecule has 2 N–H and O–H groups in total. The van der Waals surface area contributed by atoms with Crippen molar-refractivity contribution in [2.45, 2.75) is 45.3 Å². The summed E-state index contributed by atoms with van der Waals surface area (Å²) in [6, 6.07) is 0. The Labute approximate surface area is 127 Å². The molecule has 0 atom stereocenters. The number of carbonyl (C=O) groups excluding carboxylic acids is 1. The van der Waals surface area contributed by atoms with Crippen molar-refractivity contribution in [3.05, 3.63) is 0 Å². The van der Waals surface area contributed by atoms with Gasteiger partial charge in [-0.05, 0) is 33.1 Å². The van der Waals surface area contributed by atoms with Crippen LogP contribution in [0.3, 0.4) is 0 Å². The normalized spacial score (nSPS) is 17.3. The van der Waals surface area contributed by atoms with Gasteiger partial charge < -0.3 is 19.9 Å². The van der Waals surface area contributed by atoms with E-state index in [4.69, 9.17) is 14.6 Å². The number of nitrogens with one attached hydrogen (secondary N) is 1. The number of hydrogen-bond donors (Lipinski definition) is 2. The number of piperidine rings is 1. The summed E-state index contributed by atoms with van der Waals surface area (Å²) >= 11 is 0. The Bertz CT molecular complexity index is 279. The molecule has 0 bridgehead atoms. The number of rotatable bonds is 10. The first-order valence-corrected chi connectivity index (χ1v) is 7.95. The minimum absolute atomic E-state index is 0.0726. The second-order valence-electron chi connectivity index (χ2n) is 5.69. The van der Waals surface area contributed by atoms with Crippen molar-refractivity contribution in [1.29, 1.82) is 0 Å². The monoisotopic (exact) mass is 302 g/mol. The summed E-state index contributed by atoms with van der Waals surface area (Å²) in [4.78, 5) is 14.0. The van der Waals surface area contributed by atoms with Crippen molar-refractivity contribution in [2.75, 3.05) is 46.0 Å². The number of carbonyl (C=O) groups is 1. The SMILES string of the molecule is CC(C)OCCCNC(=O)CN1CCC(OCCO)CC1. The molecule has 124 valence electrons. The highest BCUT2D eigenvalue weighted by atomic mass is 16.5. The van der Waals surface area contributed by atoms with Crippen molar-refractivity contribution in [1.82, 2.24) is 10.2 Å². The Hall–Kier alpha value is -0.690. The van der Waals surface area contributed by atoms with Gasteiger partial charge in [0, 0.05) is 26.2 Å². The van der Waals surface area contributed by atoms with E-state index in [-0.39, 0.29) is 24.7 Å². The zero-order chi connectivity index (χ0) is 15.5. The molecule has 21 heavy (non-hydrogen) atoms. The van der Waals surface area contributed by atoms with E-state index in [2.05, 4.69) is 10.2 Å². The molecule has 0 spiro atoms. The molecule has 1 saturated heterocycles. The highest BCUT2D eigenvalue weighted by Gasteiger charge is 2.20. The Kier molecular flexibility index (Phi) is 9.58. The van der Waals surface area contributed by atoms with Gasteiger partial charge >= 0.3 is 0 Å². The number of aliphatic hydroxyl groups is 1. The van der Waals surface area contributed by atoms with Gasteiger partial charge in [0.2, 0.25) is 5.91 Å². The fourth-order valence-corrected chi connectivity index (χ4v) is 2.33. The van der Waals surface area contributed by atoms with Crippen LogP contribution in [-0.2, 0) is 14.3 Å². The maximum absolute atomic E-state index is 11.8. The van der Waals surface area contributed by atoms with Crippen LogP contribution in [0.2, 0.25) is 0 Å². The number of hydrogen-bond acceptors (Lipinski definition) is 5. The van der Waals surface area contributed by atoms with Crippen LogP contribution in [0.25, 0.3) is 0 Å². The summed E-state index contributed by atoms with van der Waals surface area (Å²) in [5.41, 5.74) is 0. The maximum atomic E-state index is 11.8. The van der Waals surface area contributed by atoms with Crippen LogP contribution in [0.15, 0.2) is 0 Å². The second kappa shape index (κ2) is 11.0. The Morgan fingerprint density at radius 3 is 2.67 bits per heavy atom. The van der Waals surface area contributed by atoms with E-state index in [1.807, 2.05) is 13.8 Å². The second-order valence-corrected chi connectivity index (χ2v) is 5.69. The van der Waals surface area contributed by atoms with Crippen molar-refractivity contribution < 1.29 is 19.4 Å². The molecular formula is C15H30N2O4. The lowest BCUT2D eigenvalue weighted by molar-refractivity contribution is -0.123. The summed E-state index contributed by atoms with van der Waals surface area (Å²) in [5.74, 6) is 0.0780. The molecular weight excluding hydrogens is 272 g/mol. The van der Waals surface area contributed by atoms with Crippen LogP contribution in [0.4, 0.5) is 0 Å². The zero-order valence-corrected chi connectivity index (χ0v) is 13.3. The van der Waals surface area contributed by atoms with Gasteiger partial charge in [-0.15, -0.1) is 0 Å². The lowest BCUT2D eigenvalue weighted by Gasteiger charge is -2.31. The van der Waals surface area contributed by atoms with Crippen LogP contribution in [0.1, 0.15) is 33.1 Å². The molecule has 6 nitrogen and oxygen atoms in total. The third-order valence-electron chi connectivity index (χ3n) is 3.44. The average Bonchev–Trinajstić information content (AvgIpc) is 2.46. The third-order valence-corrected chi connectivity index (χ3v) is 3.44. The first-order valence-electron chi connectivity index (χ1n) is 7.95. The van der Waals surface area contributed by atoms with Crippen LogP contribution in [0.5, 0.6) is 0 Å². The van der Waals surface area contributed by atoms with Gasteiger partial charge in [0.1, 0.15) is 0 Å². The minimum Gasteiger partial charge on any atom is -0.394 e. The van der Waals surface area contributed by atoms with Crippen LogP contribution in [0, 0.1) is 0 Å². The predicted octanol–water partition coefficient (Wildman–Crippen LogP) is 0.391. The molecule has 1 aliphatic rings. The van der Waals surface area contributed by atoms with E-state index in [0.29, 0.717) is 26.3 Å². The molecule has 6 heteroatoms. The topological polar surface area (TPSA) is 71.0 Å². The minimum atomic E-state index is 0.0726. The van der Waals surface area contributed by atoms with E-state index in [9.17, 15) is 4.79 Å². The third kappa shape index (κ3) is 9.03. The molecule has 1 aliphatic heterocycles. The first-order chi connectivity index (χ1) is 10.1. The van der Waals surface area contributed by atoms with E-state index < -0.39 is 0 Å². The molecule has 0 aromatic heterocycles. The van der Waals surface area contributed by atoms with Gasteiger partial charge in [0.05, 0.1) is 32.0 Å². The summed E-state index contributed by atoms with van der Waals surface area (Å²) in [5, 5.41) is 11.6. The molecule has 0 unspecified atom stereocenters. The van der Waals surface area contributed by atoms with E-state index in [1.165, 1.54) is 0 Å². The molecule has 1 amide bonds. The summed E-state index contributed by atoms with van der Waals surface area (Å²) in [7, 11) is 0. The highest BCUT2D eigenvalue weighted by molar-refractivity contribution is 5.77. The van der Waals surface area contributed by atoms with E-state index >= 15 is 0 Å². The highest BCUT2D eigenvalue weighted by Crippen LogP contribution is 2.13. The molecule has 1 rings (SSSR count).